The number of imidazole rings is 1. The van der Waals surface area contributed by atoms with Gasteiger partial charge < -0.3 is 25.6 Å². The number of hydrogen-bond donors (Lipinski definition) is 4. The maximum absolute atomic E-state index is 15.8. The average Bonchev–Trinajstić information content (AvgIpc) is 3.30. The first-order valence-electron chi connectivity index (χ1n) is 10.3. The Bertz CT molecular complexity index is 1130. The van der Waals surface area contributed by atoms with Gasteiger partial charge in [0.2, 0.25) is 23.4 Å². The zero-order chi connectivity index (χ0) is 25.2. The zero-order valence-electron chi connectivity index (χ0n) is 18.9. The minimum absolute atomic E-state index is 0.0740. The number of nitrogens with two attached hydrogens (primary N) is 1. The van der Waals surface area contributed by atoms with E-state index in [1.54, 1.807) is 27.8 Å². The summed E-state index contributed by atoms with van der Waals surface area (Å²) in [7, 11) is -0.124. The number of alkyl halides is 1. The molecule has 2 aromatic heterocycles. The summed E-state index contributed by atoms with van der Waals surface area (Å²) in [6.07, 6.45) is 2.06. The Morgan fingerprint density at radius 2 is 2.24 bits per heavy atom. The van der Waals surface area contributed by atoms with Gasteiger partial charge in [-0.1, -0.05) is 11.0 Å². The quantitative estimate of drug-likeness (QED) is 0.212. The van der Waals surface area contributed by atoms with Crippen molar-refractivity contribution in [3.8, 4) is 12.3 Å². The third-order valence-electron chi connectivity index (χ3n) is 4.96. The second kappa shape index (κ2) is 10.4. The van der Waals surface area contributed by atoms with Crippen molar-refractivity contribution in [2.45, 2.75) is 57.0 Å². The van der Waals surface area contributed by atoms with Crippen LogP contribution in [-0.4, -0.2) is 74.3 Å². The van der Waals surface area contributed by atoms with Crippen LogP contribution in [0.15, 0.2) is 6.33 Å². The van der Waals surface area contributed by atoms with Gasteiger partial charge in [0.1, 0.15) is 24.9 Å². The highest BCUT2D eigenvalue weighted by atomic mass is 32.4. The Morgan fingerprint density at radius 1 is 1.53 bits per heavy atom. The molecule has 12 nitrogen and oxygen atoms in total. The van der Waals surface area contributed by atoms with Gasteiger partial charge in [-0.15, -0.1) is 10.9 Å². The summed E-state index contributed by atoms with van der Waals surface area (Å²) in [5.41, 5.74) is 3.60. The van der Waals surface area contributed by atoms with Crippen molar-refractivity contribution in [2.75, 3.05) is 24.7 Å². The van der Waals surface area contributed by atoms with Crippen molar-refractivity contribution < 1.29 is 28.3 Å². The van der Waals surface area contributed by atoms with Gasteiger partial charge >= 0.3 is 13.0 Å². The molecular formula is C19H26FN7O5PS+. The molecule has 3 rings (SSSR count). The maximum atomic E-state index is 15.8. The molecule has 0 spiro atoms. The number of aliphatic hydroxyl groups excluding tert-OH is 1. The fraction of sp³-hybridized carbons (Fsp3) is 0.579. The fourth-order valence-corrected chi connectivity index (χ4v) is 4.75. The minimum atomic E-state index is -2.63. The zero-order valence-corrected chi connectivity index (χ0v) is 20.6. The van der Waals surface area contributed by atoms with E-state index in [1.165, 1.54) is 10.9 Å². The molecule has 3 heterocycles. The highest BCUT2D eigenvalue weighted by Crippen LogP contribution is 2.43. The van der Waals surface area contributed by atoms with Crippen LogP contribution in [-0.2, 0) is 30.6 Å². The van der Waals surface area contributed by atoms with Crippen molar-refractivity contribution >= 4 is 47.8 Å². The lowest BCUT2D eigenvalue weighted by molar-refractivity contribution is -0.148. The number of fused-ring (bicyclic) bond motifs is 1. The molecule has 1 aliphatic rings. The summed E-state index contributed by atoms with van der Waals surface area (Å²) in [4.78, 5) is 24.3. The van der Waals surface area contributed by atoms with Crippen molar-refractivity contribution in [3.05, 3.63) is 6.33 Å². The molecule has 0 aromatic carbocycles. The van der Waals surface area contributed by atoms with Crippen LogP contribution >= 0.6 is 7.07 Å². The summed E-state index contributed by atoms with van der Waals surface area (Å²) >= 11 is 5.22. The van der Waals surface area contributed by atoms with E-state index < -0.39 is 43.2 Å². The molecule has 34 heavy (non-hydrogen) atoms. The van der Waals surface area contributed by atoms with Crippen molar-refractivity contribution in [2.24, 2.45) is 0 Å². The van der Waals surface area contributed by atoms with Gasteiger partial charge in [-0.2, -0.15) is 9.97 Å². The Morgan fingerprint density at radius 3 is 2.85 bits per heavy atom. The molecule has 0 saturated carbocycles. The first kappa shape index (κ1) is 26.1. The highest BCUT2D eigenvalue weighted by molar-refractivity contribution is 8.02. The van der Waals surface area contributed by atoms with E-state index in [2.05, 4.69) is 25.4 Å². The lowest BCUT2D eigenvalue weighted by Crippen LogP contribution is -2.42. The third-order valence-corrected chi connectivity index (χ3v) is 6.57. The van der Waals surface area contributed by atoms with Crippen LogP contribution in [0.2, 0.25) is 0 Å². The summed E-state index contributed by atoms with van der Waals surface area (Å²) in [5, 5.41) is 16.3. The van der Waals surface area contributed by atoms with E-state index >= 15 is 4.39 Å². The molecule has 1 fully saturated rings. The van der Waals surface area contributed by atoms with Crippen molar-refractivity contribution in [3.63, 3.8) is 0 Å². The fourth-order valence-electron chi connectivity index (χ4n) is 3.31. The standard InChI is InChI=1S/C19H26FN7O5PS/c1-6-19(20)13(28)11(7-30-33(34)26-10(4)16(29)31-9(2)3)32-17(19)27-8-23-12-14(22-5)24-18(21)25-15(12)27/h1,8-11,13,17,28H,7H2,2-5H3,(H,26,34)(H3,21,22,24,25)/q+1/t10-,11+,13+,17+,19+/m0/s1. The van der Waals surface area contributed by atoms with E-state index in [1.807, 2.05) is 5.92 Å². The first-order chi connectivity index (χ1) is 16.0. The summed E-state index contributed by atoms with van der Waals surface area (Å²) in [6.45, 7) is 4.75. The molecule has 0 aliphatic carbocycles. The number of nitrogens with zero attached hydrogens (tertiary/aromatic N) is 4. The van der Waals surface area contributed by atoms with Crippen LogP contribution in [0.25, 0.3) is 11.2 Å². The van der Waals surface area contributed by atoms with Crippen molar-refractivity contribution in [1.29, 1.82) is 0 Å². The molecular weight excluding hydrogens is 488 g/mol. The van der Waals surface area contributed by atoms with Crippen LogP contribution in [0.1, 0.15) is 27.0 Å². The topological polar surface area (TPSA) is 159 Å². The number of ether oxygens (including phenoxy) is 2. The number of halogens is 1. The predicted octanol–water partition coefficient (Wildman–Crippen LogP) is 0.770. The highest BCUT2D eigenvalue weighted by Gasteiger charge is 2.58. The average molecular weight is 515 g/mol. The Kier molecular flexibility index (Phi) is 7.97. The molecule has 5 N–H and O–H groups in total. The van der Waals surface area contributed by atoms with Crippen LogP contribution in [0.3, 0.4) is 0 Å². The minimum Gasteiger partial charge on any atom is -0.462 e. The van der Waals surface area contributed by atoms with Gasteiger partial charge in [-0.25, -0.2) is 9.37 Å². The van der Waals surface area contributed by atoms with Crippen LogP contribution in [0.4, 0.5) is 16.2 Å². The summed E-state index contributed by atoms with van der Waals surface area (Å²) in [5.74, 6) is 1.75. The monoisotopic (exact) mass is 514 g/mol. The molecule has 184 valence electrons. The number of nitrogen functional groups attached to an aromatic ring is 1. The molecule has 0 amide bonds. The van der Waals surface area contributed by atoms with E-state index in [0.717, 1.165) is 0 Å². The number of carbonyl (C=O) groups is 1. The number of rotatable bonds is 9. The SMILES string of the molecule is C#C[C@@]1(F)[C@H](O)[C@@H](CO[P+](=S)N[C@@H](C)C(=O)OC(C)C)O[C@H]1n1cnc2c(NC)nc(N)nc21. The van der Waals surface area contributed by atoms with E-state index in [0.29, 0.717) is 11.3 Å². The van der Waals surface area contributed by atoms with E-state index in [9.17, 15) is 9.90 Å². The van der Waals surface area contributed by atoms with Gasteiger partial charge in [0.25, 0.3) is 0 Å². The molecule has 6 atom stereocenters. The molecule has 1 saturated heterocycles. The van der Waals surface area contributed by atoms with Crippen LogP contribution < -0.4 is 16.1 Å². The molecule has 15 heteroatoms. The number of anilines is 2. The molecule has 1 unspecified atom stereocenters. The Balaban J connectivity index is 1.75. The molecule has 2 aromatic rings. The first-order valence-corrected chi connectivity index (χ1v) is 12.5. The van der Waals surface area contributed by atoms with Gasteiger partial charge in [-0.05, 0) is 20.8 Å². The van der Waals surface area contributed by atoms with Crippen LogP contribution in [0, 0.1) is 12.3 Å². The smallest absolute Gasteiger partial charge is 0.440 e. The summed E-state index contributed by atoms with van der Waals surface area (Å²) < 4.78 is 33.4. The number of hydrogen-bond acceptors (Lipinski definition) is 11. The maximum Gasteiger partial charge on any atom is 0.440 e. The molecule has 0 bridgehead atoms. The van der Waals surface area contributed by atoms with Gasteiger partial charge in [-0.3, -0.25) is 9.36 Å². The third kappa shape index (κ3) is 5.10. The number of nitrogens with one attached hydrogen (secondary N) is 2. The lowest BCUT2D eigenvalue weighted by atomic mass is 9.97. The second-order valence-electron chi connectivity index (χ2n) is 7.78. The van der Waals surface area contributed by atoms with Gasteiger partial charge in [0.05, 0.1) is 12.4 Å². The molecule has 1 aliphatic heterocycles. The number of carbonyl (C=O) groups excluding carboxylic acids is 1. The number of aromatic nitrogens is 4. The Hall–Kier alpha value is -2.53. The van der Waals surface area contributed by atoms with E-state index in [-0.39, 0.29) is 24.3 Å². The number of aliphatic hydroxyl groups is 1. The number of esters is 1. The number of terminal acetylenes is 1. The van der Waals surface area contributed by atoms with Gasteiger partial charge in [0, 0.05) is 7.05 Å². The molecule has 0 radical (unpaired) electrons. The summed E-state index contributed by atoms with van der Waals surface area (Å²) in [6, 6.07) is -0.719. The van der Waals surface area contributed by atoms with E-state index in [4.69, 9.17) is 38.0 Å². The predicted molar refractivity (Wildman–Crippen MR) is 126 cm³/mol. The normalized spacial score (nSPS) is 25.8. The largest absolute Gasteiger partial charge is 0.462 e. The van der Waals surface area contributed by atoms with Crippen LogP contribution in [0.5, 0.6) is 0 Å². The Labute approximate surface area is 201 Å². The van der Waals surface area contributed by atoms with Crippen molar-refractivity contribution in [1.82, 2.24) is 24.6 Å². The van der Waals surface area contributed by atoms with Gasteiger partial charge in [0.15, 0.2) is 23.2 Å². The lowest BCUT2D eigenvalue weighted by Gasteiger charge is -2.23. The second-order valence-corrected chi connectivity index (χ2v) is 9.80.